The van der Waals surface area contributed by atoms with Crippen molar-refractivity contribution < 1.29 is 8.42 Å². The van der Waals surface area contributed by atoms with E-state index in [1.54, 1.807) is 6.92 Å². The Balaban J connectivity index is 2.75. The molecular weight excluding hydrogens is 298 g/mol. The summed E-state index contributed by atoms with van der Waals surface area (Å²) in [4.78, 5) is 6.44. The fourth-order valence-electron chi connectivity index (χ4n) is 2.02. The second-order valence-corrected chi connectivity index (χ2v) is 7.73. The lowest BCUT2D eigenvalue weighted by molar-refractivity contribution is 0.476. The molecule has 0 fully saturated rings. The first-order chi connectivity index (χ1) is 10.4. The Labute approximate surface area is 134 Å². The number of hydrogen-bond donors (Lipinski definition) is 1. The monoisotopic (exact) mass is 325 g/mol. The van der Waals surface area contributed by atoms with E-state index in [4.69, 9.17) is 0 Å². The van der Waals surface area contributed by atoms with Gasteiger partial charge in [-0.25, -0.2) is 8.42 Å². The summed E-state index contributed by atoms with van der Waals surface area (Å²) in [5.41, 5.74) is 2.47. The van der Waals surface area contributed by atoms with Crippen LogP contribution in [0.5, 0.6) is 0 Å². The molecule has 5 nitrogen and oxygen atoms in total. The molecule has 1 aromatic rings. The summed E-state index contributed by atoms with van der Waals surface area (Å²) >= 11 is 0. The quantitative estimate of drug-likeness (QED) is 0.614. The Bertz CT molecular complexity index is 597. The summed E-state index contributed by atoms with van der Waals surface area (Å²) in [6.45, 7) is 7.52. The fourth-order valence-corrected chi connectivity index (χ4v) is 2.68. The van der Waals surface area contributed by atoms with Gasteiger partial charge in [0, 0.05) is 25.9 Å². The molecule has 0 aliphatic carbocycles. The van der Waals surface area contributed by atoms with Gasteiger partial charge in [-0.05, 0) is 25.0 Å². The topological polar surface area (TPSA) is 61.8 Å². The van der Waals surface area contributed by atoms with E-state index in [0.29, 0.717) is 0 Å². The standard InChI is InChI=1S/C16H27N3O2S/c1-5-17-16(18-11-12-22(20,21)6-2)19(4)13-15-10-8-7-9-14(15)3/h7-10H,5-6,11-13H2,1-4H3,(H,17,18). The Morgan fingerprint density at radius 3 is 2.55 bits per heavy atom. The van der Waals surface area contributed by atoms with Crippen LogP contribution in [0.2, 0.25) is 0 Å². The van der Waals surface area contributed by atoms with Crippen LogP contribution in [0.3, 0.4) is 0 Å². The first-order valence-electron chi connectivity index (χ1n) is 7.64. The van der Waals surface area contributed by atoms with Gasteiger partial charge >= 0.3 is 0 Å². The summed E-state index contributed by atoms with van der Waals surface area (Å²) in [6.07, 6.45) is 0. The Kier molecular flexibility index (Phi) is 7.38. The molecule has 0 bridgehead atoms. The maximum atomic E-state index is 11.5. The minimum Gasteiger partial charge on any atom is -0.357 e. The van der Waals surface area contributed by atoms with Gasteiger partial charge in [0.2, 0.25) is 0 Å². The van der Waals surface area contributed by atoms with Gasteiger partial charge in [-0.15, -0.1) is 0 Å². The molecule has 0 aliphatic rings. The van der Waals surface area contributed by atoms with Crippen molar-refractivity contribution in [2.45, 2.75) is 27.3 Å². The molecule has 22 heavy (non-hydrogen) atoms. The predicted molar refractivity (Wildman–Crippen MR) is 93.0 cm³/mol. The number of nitrogens with zero attached hydrogens (tertiary/aromatic N) is 2. The number of nitrogens with one attached hydrogen (secondary N) is 1. The van der Waals surface area contributed by atoms with E-state index in [9.17, 15) is 8.42 Å². The minimum atomic E-state index is -2.97. The third-order valence-corrected chi connectivity index (χ3v) is 5.15. The van der Waals surface area contributed by atoms with Crippen LogP contribution in [0.15, 0.2) is 29.3 Å². The zero-order valence-electron chi connectivity index (χ0n) is 14.0. The van der Waals surface area contributed by atoms with Crippen molar-refractivity contribution in [3.63, 3.8) is 0 Å². The van der Waals surface area contributed by atoms with Gasteiger partial charge in [0.25, 0.3) is 0 Å². The molecule has 0 atom stereocenters. The van der Waals surface area contributed by atoms with E-state index in [0.717, 1.165) is 19.0 Å². The highest BCUT2D eigenvalue weighted by molar-refractivity contribution is 7.91. The largest absolute Gasteiger partial charge is 0.357 e. The van der Waals surface area contributed by atoms with Crippen molar-refractivity contribution in [2.24, 2.45) is 4.99 Å². The van der Waals surface area contributed by atoms with Gasteiger partial charge in [-0.1, -0.05) is 31.2 Å². The Hall–Kier alpha value is -1.56. The second-order valence-electron chi connectivity index (χ2n) is 5.25. The van der Waals surface area contributed by atoms with Gasteiger partial charge in [0.15, 0.2) is 15.8 Å². The third-order valence-electron chi connectivity index (χ3n) is 3.47. The van der Waals surface area contributed by atoms with Crippen molar-refractivity contribution in [3.8, 4) is 0 Å². The molecule has 0 radical (unpaired) electrons. The number of benzene rings is 1. The summed E-state index contributed by atoms with van der Waals surface area (Å²) in [6, 6.07) is 8.22. The lowest BCUT2D eigenvalue weighted by Crippen LogP contribution is -2.39. The number of guanidine groups is 1. The molecule has 124 valence electrons. The Morgan fingerprint density at radius 1 is 1.27 bits per heavy atom. The lowest BCUT2D eigenvalue weighted by Gasteiger charge is -2.23. The SMILES string of the molecule is CCNC(=NCCS(=O)(=O)CC)N(C)Cc1ccccc1C. The number of hydrogen-bond acceptors (Lipinski definition) is 3. The number of sulfone groups is 1. The molecule has 0 spiro atoms. The van der Waals surface area contributed by atoms with Crippen molar-refractivity contribution in [2.75, 3.05) is 31.6 Å². The fraction of sp³-hybridized carbons (Fsp3) is 0.562. The number of aliphatic imine (C=N–C) groups is 1. The molecule has 6 heteroatoms. The van der Waals surface area contributed by atoms with Crippen LogP contribution in [-0.4, -0.2) is 50.9 Å². The van der Waals surface area contributed by atoms with Gasteiger partial charge in [-0.2, -0.15) is 0 Å². The van der Waals surface area contributed by atoms with Crippen molar-refractivity contribution in [1.82, 2.24) is 10.2 Å². The maximum absolute atomic E-state index is 11.5. The van der Waals surface area contributed by atoms with Gasteiger partial charge in [0.1, 0.15) is 0 Å². The zero-order chi connectivity index (χ0) is 16.6. The molecule has 0 saturated heterocycles. The molecule has 0 saturated carbocycles. The number of aryl methyl sites for hydroxylation is 1. The molecule has 0 amide bonds. The highest BCUT2D eigenvalue weighted by atomic mass is 32.2. The molecule has 1 rings (SSSR count). The molecular formula is C16H27N3O2S. The average molecular weight is 325 g/mol. The lowest BCUT2D eigenvalue weighted by atomic mass is 10.1. The van der Waals surface area contributed by atoms with E-state index in [1.807, 2.05) is 31.0 Å². The van der Waals surface area contributed by atoms with Crippen molar-refractivity contribution >= 4 is 15.8 Å². The molecule has 1 aromatic carbocycles. The van der Waals surface area contributed by atoms with Crippen LogP contribution in [0.1, 0.15) is 25.0 Å². The van der Waals surface area contributed by atoms with E-state index in [1.165, 1.54) is 11.1 Å². The third kappa shape index (κ3) is 6.05. The Morgan fingerprint density at radius 2 is 1.95 bits per heavy atom. The summed E-state index contributed by atoms with van der Waals surface area (Å²) in [5, 5.41) is 3.21. The van der Waals surface area contributed by atoms with Gasteiger partial charge in [-0.3, -0.25) is 4.99 Å². The van der Waals surface area contributed by atoms with E-state index in [-0.39, 0.29) is 18.1 Å². The summed E-state index contributed by atoms with van der Waals surface area (Å²) in [7, 11) is -1.01. The van der Waals surface area contributed by atoms with Crippen LogP contribution in [0.25, 0.3) is 0 Å². The van der Waals surface area contributed by atoms with E-state index in [2.05, 4.69) is 29.4 Å². The zero-order valence-corrected chi connectivity index (χ0v) is 14.8. The molecule has 0 aliphatic heterocycles. The predicted octanol–water partition coefficient (Wildman–Crippen LogP) is 1.83. The van der Waals surface area contributed by atoms with Crippen LogP contribution in [-0.2, 0) is 16.4 Å². The second kappa shape index (κ2) is 8.78. The highest BCUT2D eigenvalue weighted by Gasteiger charge is 2.10. The first-order valence-corrected chi connectivity index (χ1v) is 9.46. The van der Waals surface area contributed by atoms with Gasteiger partial charge < -0.3 is 10.2 Å². The van der Waals surface area contributed by atoms with E-state index >= 15 is 0 Å². The van der Waals surface area contributed by atoms with Crippen molar-refractivity contribution in [3.05, 3.63) is 35.4 Å². The van der Waals surface area contributed by atoms with E-state index < -0.39 is 9.84 Å². The minimum absolute atomic E-state index is 0.0938. The first kappa shape index (κ1) is 18.5. The maximum Gasteiger partial charge on any atom is 0.193 e. The number of rotatable bonds is 7. The van der Waals surface area contributed by atoms with Gasteiger partial charge in [0.05, 0.1) is 12.3 Å². The van der Waals surface area contributed by atoms with Crippen molar-refractivity contribution in [1.29, 1.82) is 0 Å². The molecule has 1 N–H and O–H groups in total. The van der Waals surface area contributed by atoms with Crippen LogP contribution >= 0.6 is 0 Å². The molecule has 0 unspecified atom stereocenters. The summed E-state index contributed by atoms with van der Waals surface area (Å²) < 4.78 is 23.1. The molecule has 0 heterocycles. The smallest absolute Gasteiger partial charge is 0.193 e. The van der Waals surface area contributed by atoms with Crippen LogP contribution in [0.4, 0.5) is 0 Å². The summed E-state index contributed by atoms with van der Waals surface area (Å²) in [5.74, 6) is 0.992. The van der Waals surface area contributed by atoms with Crippen LogP contribution in [0, 0.1) is 6.92 Å². The highest BCUT2D eigenvalue weighted by Crippen LogP contribution is 2.09. The average Bonchev–Trinajstić information content (AvgIpc) is 2.48. The normalized spacial score (nSPS) is 12.3. The molecule has 0 aromatic heterocycles. The van der Waals surface area contributed by atoms with Crippen LogP contribution < -0.4 is 5.32 Å².